The molecule has 1 aliphatic rings. The number of carbonyl (C=O) groups is 2. The molecular weight excluding hydrogens is 479 g/mol. The normalized spacial score (nSPS) is 15.1. The van der Waals surface area contributed by atoms with Crippen LogP contribution in [-0.2, 0) is 16.2 Å². The van der Waals surface area contributed by atoms with Crippen molar-refractivity contribution < 1.29 is 14.3 Å². The van der Waals surface area contributed by atoms with Crippen molar-refractivity contribution in [2.75, 3.05) is 4.90 Å². The van der Waals surface area contributed by atoms with Gasteiger partial charge in [-0.05, 0) is 60.6 Å². The molecule has 33 heavy (non-hydrogen) atoms. The molecule has 8 heteroatoms. The largest absolute Gasteiger partial charge is 0.489 e. The second-order valence-electron chi connectivity index (χ2n) is 7.38. The van der Waals surface area contributed by atoms with E-state index < -0.39 is 11.8 Å². The summed E-state index contributed by atoms with van der Waals surface area (Å²) in [5.41, 5.74) is 3.11. The second kappa shape index (κ2) is 9.75. The first-order chi connectivity index (χ1) is 15.8. The molecule has 0 spiro atoms. The molecule has 2 amide bonds. The van der Waals surface area contributed by atoms with E-state index in [-0.39, 0.29) is 20.7 Å². The van der Waals surface area contributed by atoms with Crippen LogP contribution in [0.4, 0.5) is 5.69 Å². The molecule has 0 unspecified atom stereocenters. The number of hydrogen-bond donors (Lipinski definition) is 1. The molecule has 3 aromatic rings. The first kappa shape index (κ1) is 23.0. The van der Waals surface area contributed by atoms with Crippen molar-refractivity contribution in [3.05, 3.63) is 99.0 Å². The number of nitrogens with one attached hydrogen (secondary N) is 1. The Bertz CT molecular complexity index is 1290. The fraction of sp³-hybridized carbons (Fsp3) is 0.0800. The Morgan fingerprint density at radius 1 is 1.03 bits per heavy atom. The maximum Gasteiger partial charge on any atom is 0.270 e. The molecule has 166 valence electrons. The van der Waals surface area contributed by atoms with E-state index in [9.17, 15) is 9.59 Å². The molecular formula is C25H18Cl2N2O3S. The van der Waals surface area contributed by atoms with Crippen LogP contribution in [0.25, 0.3) is 6.08 Å². The molecule has 0 radical (unpaired) electrons. The van der Waals surface area contributed by atoms with Gasteiger partial charge in [-0.1, -0.05) is 71.2 Å². The molecule has 1 saturated heterocycles. The minimum atomic E-state index is -0.590. The molecule has 0 aliphatic carbocycles. The van der Waals surface area contributed by atoms with Crippen LogP contribution in [-0.4, -0.2) is 16.9 Å². The van der Waals surface area contributed by atoms with E-state index in [1.807, 2.05) is 25.1 Å². The fourth-order valence-corrected chi connectivity index (χ4v) is 3.99. The van der Waals surface area contributed by atoms with E-state index in [0.29, 0.717) is 23.6 Å². The molecule has 0 saturated carbocycles. The minimum Gasteiger partial charge on any atom is -0.489 e. The zero-order valence-corrected chi connectivity index (χ0v) is 19.8. The number of anilines is 1. The summed E-state index contributed by atoms with van der Waals surface area (Å²) >= 11 is 17.6. The van der Waals surface area contributed by atoms with Gasteiger partial charge in [-0.25, -0.2) is 0 Å². The summed E-state index contributed by atoms with van der Waals surface area (Å²) in [6, 6.07) is 20.0. The average molecular weight is 497 g/mol. The quantitative estimate of drug-likeness (QED) is 0.279. The van der Waals surface area contributed by atoms with E-state index in [2.05, 4.69) is 11.4 Å². The van der Waals surface area contributed by atoms with Gasteiger partial charge >= 0.3 is 0 Å². The third-order valence-corrected chi connectivity index (χ3v) is 6.05. The Labute approximate surface area is 206 Å². The highest BCUT2D eigenvalue weighted by atomic mass is 35.5. The van der Waals surface area contributed by atoms with Gasteiger partial charge in [0.1, 0.15) is 17.9 Å². The van der Waals surface area contributed by atoms with Crippen molar-refractivity contribution in [3.8, 4) is 5.75 Å². The summed E-state index contributed by atoms with van der Waals surface area (Å²) < 4.78 is 5.83. The topological polar surface area (TPSA) is 58.6 Å². The van der Waals surface area contributed by atoms with Crippen LogP contribution in [0.1, 0.15) is 16.7 Å². The SMILES string of the molecule is Cc1cccc(COc2ccc(/C=C3\C(=O)NC(=S)N(c4cccc(Cl)c4Cl)C3=O)cc2)c1. The van der Waals surface area contributed by atoms with Crippen molar-refractivity contribution in [2.24, 2.45) is 0 Å². The summed E-state index contributed by atoms with van der Waals surface area (Å²) in [5, 5.41) is 2.91. The number of nitrogens with zero attached hydrogens (tertiary/aromatic N) is 1. The van der Waals surface area contributed by atoms with Gasteiger partial charge < -0.3 is 4.74 Å². The van der Waals surface area contributed by atoms with E-state index in [1.54, 1.807) is 42.5 Å². The van der Waals surface area contributed by atoms with Crippen LogP contribution in [0.5, 0.6) is 5.75 Å². The third kappa shape index (κ3) is 5.09. The highest BCUT2D eigenvalue weighted by molar-refractivity contribution is 7.80. The molecule has 4 rings (SSSR count). The lowest BCUT2D eigenvalue weighted by atomic mass is 10.1. The monoisotopic (exact) mass is 496 g/mol. The molecule has 5 nitrogen and oxygen atoms in total. The summed E-state index contributed by atoms with van der Waals surface area (Å²) in [4.78, 5) is 26.8. The fourth-order valence-electron chi connectivity index (χ4n) is 3.34. The molecule has 1 fully saturated rings. The van der Waals surface area contributed by atoms with Crippen molar-refractivity contribution in [3.63, 3.8) is 0 Å². The van der Waals surface area contributed by atoms with Gasteiger partial charge in [0.2, 0.25) is 0 Å². The van der Waals surface area contributed by atoms with Gasteiger partial charge in [-0.3, -0.25) is 19.8 Å². The molecule has 1 N–H and O–H groups in total. The lowest BCUT2D eigenvalue weighted by molar-refractivity contribution is -0.122. The third-order valence-electron chi connectivity index (χ3n) is 4.95. The molecule has 0 atom stereocenters. The summed E-state index contributed by atoms with van der Waals surface area (Å²) in [6.45, 7) is 2.47. The Morgan fingerprint density at radius 3 is 2.48 bits per heavy atom. The number of aryl methyl sites for hydroxylation is 1. The number of thiocarbonyl (C=S) groups is 1. The maximum atomic E-state index is 13.2. The van der Waals surface area contributed by atoms with Crippen LogP contribution >= 0.6 is 35.4 Å². The Balaban J connectivity index is 1.54. The van der Waals surface area contributed by atoms with E-state index in [4.69, 9.17) is 40.2 Å². The van der Waals surface area contributed by atoms with Gasteiger partial charge in [-0.2, -0.15) is 0 Å². The molecule has 0 aromatic heterocycles. The first-order valence-corrected chi connectivity index (χ1v) is 11.1. The Kier molecular flexibility index (Phi) is 6.79. The number of ether oxygens (including phenoxy) is 1. The summed E-state index contributed by atoms with van der Waals surface area (Å²) in [7, 11) is 0. The van der Waals surface area contributed by atoms with E-state index >= 15 is 0 Å². The van der Waals surface area contributed by atoms with Gasteiger partial charge in [0.25, 0.3) is 11.8 Å². The van der Waals surface area contributed by atoms with Gasteiger partial charge in [-0.15, -0.1) is 0 Å². The first-order valence-electron chi connectivity index (χ1n) is 9.97. The minimum absolute atomic E-state index is 0.0637. The predicted molar refractivity (Wildman–Crippen MR) is 135 cm³/mol. The highest BCUT2D eigenvalue weighted by Crippen LogP contribution is 2.34. The smallest absolute Gasteiger partial charge is 0.270 e. The van der Waals surface area contributed by atoms with Crippen LogP contribution < -0.4 is 15.0 Å². The van der Waals surface area contributed by atoms with Crippen LogP contribution in [0.15, 0.2) is 72.3 Å². The highest BCUT2D eigenvalue weighted by Gasteiger charge is 2.35. The average Bonchev–Trinajstić information content (AvgIpc) is 2.79. The van der Waals surface area contributed by atoms with Crippen molar-refractivity contribution in [2.45, 2.75) is 13.5 Å². The molecule has 1 heterocycles. The number of amides is 2. The van der Waals surface area contributed by atoms with Gasteiger partial charge in [0.15, 0.2) is 5.11 Å². The lowest BCUT2D eigenvalue weighted by Crippen LogP contribution is -2.54. The Hall–Kier alpha value is -3.19. The van der Waals surface area contributed by atoms with Crippen molar-refractivity contribution >= 4 is 64.1 Å². The number of hydrogen-bond acceptors (Lipinski definition) is 4. The maximum absolute atomic E-state index is 13.2. The lowest BCUT2D eigenvalue weighted by Gasteiger charge is -2.29. The van der Waals surface area contributed by atoms with E-state index in [1.165, 1.54) is 11.6 Å². The summed E-state index contributed by atoms with van der Waals surface area (Å²) in [6.07, 6.45) is 1.50. The predicted octanol–water partition coefficient (Wildman–Crippen LogP) is 5.71. The molecule has 0 bridgehead atoms. The van der Waals surface area contributed by atoms with Crippen molar-refractivity contribution in [1.29, 1.82) is 0 Å². The van der Waals surface area contributed by atoms with Gasteiger partial charge in [0, 0.05) is 0 Å². The van der Waals surface area contributed by atoms with Gasteiger partial charge in [0.05, 0.1) is 15.7 Å². The molecule has 3 aromatic carbocycles. The standard InChI is InChI=1S/C25H18Cl2N2O3S/c1-15-4-2-5-17(12-15)14-32-18-10-8-16(9-11-18)13-19-23(30)28-25(33)29(24(19)31)21-7-3-6-20(26)22(21)27/h2-13H,14H2,1H3,(H,28,30,33)/b19-13+. The molecule has 1 aliphatic heterocycles. The number of carbonyl (C=O) groups excluding carboxylic acids is 2. The van der Waals surface area contributed by atoms with Crippen molar-refractivity contribution in [1.82, 2.24) is 5.32 Å². The zero-order valence-electron chi connectivity index (χ0n) is 17.5. The van der Waals surface area contributed by atoms with E-state index in [0.717, 1.165) is 10.5 Å². The summed E-state index contributed by atoms with van der Waals surface area (Å²) in [5.74, 6) is -0.501. The second-order valence-corrected chi connectivity index (χ2v) is 8.55. The number of rotatable bonds is 5. The zero-order chi connectivity index (χ0) is 23.5. The Morgan fingerprint density at radius 2 is 1.76 bits per heavy atom. The number of benzene rings is 3. The van der Waals surface area contributed by atoms with Crippen LogP contribution in [0.3, 0.4) is 0 Å². The number of halogens is 2. The van der Waals surface area contributed by atoms with Crippen LogP contribution in [0, 0.1) is 6.92 Å². The van der Waals surface area contributed by atoms with Crippen LogP contribution in [0.2, 0.25) is 10.0 Å².